The van der Waals surface area contributed by atoms with Crippen LogP contribution in [0.2, 0.25) is 0 Å². The zero-order valence-electron chi connectivity index (χ0n) is 12.6. The van der Waals surface area contributed by atoms with Crippen molar-refractivity contribution in [3.05, 3.63) is 0 Å². The van der Waals surface area contributed by atoms with E-state index in [1.807, 2.05) is 0 Å². The third-order valence-electron chi connectivity index (χ3n) is 4.93. The normalized spacial score (nSPS) is 33.4. The lowest BCUT2D eigenvalue weighted by molar-refractivity contribution is -0.162. The summed E-state index contributed by atoms with van der Waals surface area (Å²) in [5.41, 5.74) is 0. The standard InChI is InChI=1S/C16H28O3/c1-11(2)14-5-4-12(3)15(10-14)19-16(17)13-6-8-18-9-7-13/h11-15H,4-10H2,1-3H3/t12-,14-,15+/m1/s1. The van der Waals surface area contributed by atoms with Gasteiger partial charge in [0, 0.05) is 13.2 Å². The molecule has 0 aromatic rings. The molecule has 1 aliphatic heterocycles. The van der Waals surface area contributed by atoms with Gasteiger partial charge < -0.3 is 9.47 Å². The number of carbonyl (C=O) groups is 1. The van der Waals surface area contributed by atoms with Gasteiger partial charge in [-0.3, -0.25) is 4.79 Å². The molecule has 110 valence electrons. The first-order chi connectivity index (χ1) is 9.08. The highest BCUT2D eigenvalue weighted by atomic mass is 16.5. The van der Waals surface area contributed by atoms with Crippen molar-refractivity contribution in [2.75, 3.05) is 13.2 Å². The molecule has 1 saturated heterocycles. The first kappa shape index (κ1) is 14.8. The van der Waals surface area contributed by atoms with Gasteiger partial charge in [0.25, 0.3) is 0 Å². The lowest BCUT2D eigenvalue weighted by Crippen LogP contribution is -2.36. The highest BCUT2D eigenvalue weighted by Crippen LogP contribution is 2.35. The molecular weight excluding hydrogens is 240 g/mol. The fourth-order valence-electron chi connectivity index (χ4n) is 3.26. The summed E-state index contributed by atoms with van der Waals surface area (Å²) >= 11 is 0. The molecule has 0 spiro atoms. The van der Waals surface area contributed by atoms with Crippen molar-refractivity contribution >= 4 is 5.97 Å². The third-order valence-corrected chi connectivity index (χ3v) is 4.93. The Balaban J connectivity index is 1.87. The van der Waals surface area contributed by atoms with E-state index in [1.165, 1.54) is 12.8 Å². The highest BCUT2D eigenvalue weighted by Gasteiger charge is 2.33. The molecule has 1 aliphatic carbocycles. The minimum Gasteiger partial charge on any atom is -0.462 e. The lowest BCUT2D eigenvalue weighted by Gasteiger charge is -2.36. The number of ether oxygens (including phenoxy) is 2. The van der Waals surface area contributed by atoms with Crippen LogP contribution in [0.15, 0.2) is 0 Å². The Morgan fingerprint density at radius 3 is 2.47 bits per heavy atom. The van der Waals surface area contributed by atoms with Gasteiger partial charge in [-0.15, -0.1) is 0 Å². The molecule has 3 atom stereocenters. The van der Waals surface area contributed by atoms with Crippen molar-refractivity contribution in [1.29, 1.82) is 0 Å². The van der Waals surface area contributed by atoms with Crippen LogP contribution in [0.4, 0.5) is 0 Å². The maximum atomic E-state index is 12.2. The van der Waals surface area contributed by atoms with E-state index in [4.69, 9.17) is 9.47 Å². The predicted molar refractivity (Wildman–Crippen MR) is 74.8 cm³/mol. The minimum atomic E-state index is 0.0181. The van der Waals surface area contributed by atoms with Gasteiger partial charge in [0.15, 0.2) is 0 Å². The summed E-state index contributed by atoms with van der Waals surface area (Å²) in [5, 5.41) is 0. The van der Waals surface area contributed by atoms with Crippen molar-refractivity contribution in [1.82, 2.24) is 0 Å². The van der Waals surface area contributed by atoms with Crippen LogP contribution in [-0.4, -0.2) is 25.3 Å². The highest BCUT2D eigenvalue weighted by molar-refractivity contribution is 5.72. The predicted octanol–water partition coefficient (Wildman–Crippen LogP) is 3.42. The summed E-state index contributed by atoms with van der Waals surface area (Å²) < 4.78 is 11.1. The maximum Gasteiger partial charge on any atom is 0.309 e. The van der Waals surface area contributed by atoms with Crippen LogP contribution in [0.1, 0.15) is 52.9 Å². The van der Waals surface area contributed by atoms with Crippen LogP contribution in [0, 0.1) is 23.7 Å². The quantitative estimate of drug-likeness (QED) is 0.736. The second-order valence-corrected chi connectivity index (χ2v) is 6.66. The van der Waals surface area contributed by atoms with Crippen LogP contribution < -0.4 is 0 Å². The van der Waals surface area contributed by atoms with E-state index in [0.717, 1.165) is 19.3 Å². The molecule has 0 N–H and O–H groups in total. The summed E-state index contributed by atoms with van der Waals surface area (Å²) in [7, 11) is 0. The van der Waals surface area contributed by atoms with Crippen LogP contribution in [0.5, 0.6) is 0 Å². The Morgan fingerprint density at radius 1 is 1.16 bits per heavy atom. The van der Waals surface area contributed by atoms with Crippen molar-refractivity contribution in [2.24, 2.45) is 23.7 Å². The zero-order valence-corrected chi connectivity index (χ0v) is 12.6. The molecule has 0 amide bonds. The Bertz CT molecular complexity index is 294. The first-order valence-electron chi connectivity index (χ1n) is 7.86. The van der Waals surface area contributed by atoms with E-state index >= 15 is 0 Å². The molecule has 2 aliphatic rings. The number of rotatable bonds is 3. The number of hydrogen-bond donors (Lipinski definition) is 0. The molecule has 0 radical (unpaired) electrons. The monoisotopic (exact) mass is 268 g/mol. The number of carbonyl (C=O) groups excluding carboxylic acids is 1. The van der Waals surface area contributed by atoms with Gasteiger partial charge in [-0.05, 0) is 49.9 Å². The van der Waals surface area contributed by atoms with Crippen molar-refractivity contribution in [3.63, 3.8) is 0 Å². The van der Waals surface area contributed by atoms with Gasteiger partial charge >= 0.3 is 5.97 Å². The van der Waals surface area contributed by atoms with E-state index in [0.29, 0.717) is 31.0 Å². The van der Waals surface area contributed by atoms with E-state index in [-0.39, 0.29) is 18.0 Å². The van der Waals surface area contributed by atoms with E-state index in [2.05, 4.69) is 20.8 Å². The van der Waals surface area contributed by atoms with E-state index in [9.17, 15) is 4.79 Å². The van der Waals surface area contributed by atoms with Crippen molar-refractivity contribution < 1.29 is 14.3 Å². The summed E-state index contributed by atoms with van der Waals surface area (Å²) in [5.74, 6) is 2.00. The molecule has 1 heterocycles. The Morgan fingerprint density at radius 2 is 1.84 bits per heavy atom. The minimum absolute atomic E-state index is 0.0181. The second-order valence-electron chi connectivity index (χ2n) is 6.66. The smallest absolute Gasteiger partial charge is 0.309 e. The van der Waals surface area contributed by atoms with Gasteiger partial charge in [-0.2, -0.15) is 0 Å². The van der Waals surface area contributed by atoms with E-state index < -0.39 is 0 Å². The van der Waals surface area contributed by atoms with Gasteiger partial charge in [-0.25, -0.2) is 0 Å². The van der Waals surface area contributed by atoms with Gasteiger partial charge in [0.05, 0.1) is 5.92 Å². The molecular formula is C16H28O3. The van der Waals surface area contributed by atoms with Crippen molar-refractivity contribution in [2.45, 2.75) is 59.0 Å². The second kappa shape index (κ2) is 6.74. The molecule has 0 aromatic carbocycles. The van der Waals surface area contributed by atoms with Crippen LogP contribution >= 0.6 is 0 Å². The summed E-state index contributed by atoms with van der Waals surface area (Å²) in [6.45, 7) is 8.18. The topological polar surface area (TPSA) is 35.5 Å². The number of esters is 1. The first-order valence-corrected chi connectivity index (χ1v) is 7.86. The average molecular weight is 268 g/mol. The molecule has 3 heteroatoms. The number of hydrogen-bond acceptors (Lipinski definition) is 3. The van der Waals surface area contributed by atoms with Gasteiger partial charge in [0.2, 0.25) is 0 Å². The van der Waals surface area contributed by atoms with Gasteiger partial charge in [0.1, 0.15) is 6.10 Å². The van der Waals surface area contributed by atoms with Gasteiger partial charge in [-0.1, -0.05) is 20.8 Å². The van der Waals surface area contributed by atoms with Crippen molar-refractivity contribution in [3.8, 4) is 0 Å². The molecule has 0 bridgehead atoms. The molecule has 0 unspecified atom stereocenters. The molecule has 2 rings (SSSR count). The molecule has 3 nitrogen and oxygen atoms in total. The zero-order chi connectivity index (χ0) is 13.8. The Hall–Kier alpha value is -0.570. The third kappa shape index (κ3) is 3.95. The molecule has 1 saturated carbocycles. The van der Waals surface area contributed by atoms with Crippen LogP contribution in [0.3, 0.4) is 0 Å². The fraction of sp³-hybridized carbons (Fsp3) is 0.938. The SMILES string of the molecule is CC(C)[C@@H]1CC[C@@H](C)[C@@H](OC(=O)C2CCOCC2)C1. The largest absolute Gasteiger partial charge is 0.462 e. The summed E-state index contributed by atoms with van der Waals surface area (Å²) in [6.07, 6.45) is 5.31. The average Bonchev–Trinajstić information content (AvgIpc) is 2.42. The lowest BCUT2D eigenvalue weighted by atomic mass is 9.76. The van der Waals surface area contributed by atoms with Crippen LogP contribution in [-0.2, 0) is 14.3 Å². The van der Waals surface area contributed by atoms with Crippen LogP contribution in [0.25, 0.3) is 0 Å². The summed E-state index contributed by atoms with van der Waals surface area (Å²) in [4.78, 5) is 12.2. The molecule has 2 fully saturated rings. The fourth-order valence-corrected chi connectivity index (χ4v) is 3.26. The Labute approximate surface area is 117 Å². The molecule has 0 aromatic heterocycles. The van der Waals surface area contributed by atoms with E-state index in [1.54, 1.807) is 0 Å². The summed E-state index contributed by atoms with van der Waals surface area (Å²) in [6, 6.07) is 0. The maximum absolute atomic E-state index is 12.2. The Kier molecular flexibility index (Phi) is 5.26. The molecule has 19 heavy (non-hydrogen) atoms.